The Morgan fingerprint density at radius 2 is 1.67 bits per heavy atom. The summed E-state index contributed by atoms with van der Waals surface area (Å²) >= 11 is 1.09. The highest BCUT2D eigenvalue weighted by Crippen LogP contribution is 2.36. The van der Waals surface area contributed by atoms with Crippen LogP contribution in [0.3, 0.4) is 0 Å². The van der Waals surface area contributed by atoms with Crippen LogP contribution in [0.4, 0.5) is 11.4 Å². The lowest BCUT2D eigenvalue weighted by Crippen LogP contribution is -1.96. The lowest BCUT2D eigenvalue weighted by molar-refractivity contribution is 0.601. The summed E-state index contributed by atoms with van der Waals surface area (Å²) in [4.78, 5) is 9.51. The summed E-state index contributed by atoms with van der Waals surface area (Å²) in [5.41, 5.74) is 3.05. The van der Waals surface area contributed by atoms with E-state index in [2.05, 4.69) is 15.3 Å². The minimum absolute atomic E-state index is 0.0800. The average Bonchev–Trinajstić information content (AvgIpc) is 3.00. The number of rotatable bonds is 3. The van der Waals surface area contributed by atoms with E-state index in [0.29, 0.717) is 10.3 Å². The number of hydrogen-bond acceptors (Lipinski definition) is 6. The zero-order chi connectivity index (χ0) is 16.7. The first kappa shape index (κ1) is 15.0. The van der Waals surface area contributed by atoms with E-state index >= 15 is 0 Å². The zero-order valence-electron chi connectivity index (χ0n) is 12.7. The zero-order valence-corrected chi connectivity index (χ0v) is 14.4. The Hall–Kier alpha value is -2.51. The Balaban J connectivity index is 2.03. The summed E-state index contributed by atoms with van der Waals surface area (Å²) in [7, 11) is -3.37. The minimum atomic E-state index is -3.37. The molecule has 2 heterocycles. The van der Waals surface area contributed by atoms with Gasteiger partial charge in [0.1, 0.15) is 10.3 Å². The van der Waals surface area contributed by atoms with E-state index < -0.39 is 9.84 Å². The van der Waals surface area contributed by atoms with Crippen LogP contribution in [0.1, 0.15) is 0 Å². The first-order valence-electron chi connectivity index (χ1n) is 7.24. The minimum Gasteiger partial charge on any atom is -0.353 e. The van der Waals surface area contributed by atoms with Crippen molar-refractivity contribution in [1.29, 1.82) is 0 Å². The standard InChI is InChI=1S/C17H13N3O2S2/c1-24(21,22)17-20-15-14(18-11-7-3-2-4-8-11)12-9-5-6-10-13(12)19-16(15)23-17/h2-10H,1H3,(H,18,19). The molecule has 24 heavy (non-hydrogen) atoms. The van der Waals surface area contributed by atoms with Crippen molar-refractivity contribution in [3.05, 3.63) is 54.6 Å². The molecule has 4 rings (SSSR count). The third-order valence-electron chi connectivity index (χ3n) is 3.58. The van der Waals surface area contributed by atoms with E-state index in [1.807, 2.05) is 54.6 Å². The molecule has 0 bridgehead atoms. The molecule has 0 radical (unpaired) electrons. The molecule has 0 amide bonds. The second-order valence-corrected chi connectivity index (χ2v) is 8.57. The van der Waals surface area contributed by atoms with E-state index in [9.17, 15) is 8.42 Å². The molecule has 7 heteroatoms. The normalized spacial score (nSPS) is 11.9. The van der Waals surface area contributed by atoms with E-state index in [4.69, 9.17) is 0 Å². The van der Waals surface area contributed by atoms with Crippen molar-refractivity contribution in [3.8, 4) is 0 Å². The Morgan fingerprint density at radius 3 is 2.42 bits per heavy atom. The highest BCUT2D eigenvalue weighted by atomic mass is 32.2. The second kappa shape index (κ2) is 5.54. The fourth-order valence-electron chi connectivity index (χ4n) is 2.50. The van der Waals surface area contributed by atoms with Crippen LogP contribution in [0.25, 0.3) is 21.3 Å². The molecule has 0 saturated carbocycles. The number of hydrogen-bond donors (Lipinski definition) is 1. The van der Waals surface area contributed by atoms with Crippen molar-refractivity contribution in [3.63, 3.8) is 0 Å². The molecule has 120 valence electrons. The fourth-order valence-corrected chi connectivity index (χ4v) is 4.29. The Bertz CT molecular complexity index is 1150. The van der Waals surface area contributed by atoms with E-state index in [-0.39, 0.29) is 4.34 Å². The van der Waals surface area contributed by atoms with Gasteiger partial charge in [-0.2, -0.15) is 0 Å². The average molecular weight is 355 g/mol. The van der Waals surface area contributed by atoms with Crippen LogP contribution < -0.4 is 5.32 Å². The predicted octanol–water partition coefficient (Wildman–Crippen LogP) is 3.99. The third-order valence-corrected chi connectivity index (χ3v) is 6.21. The highest BCUT2D eigenvalue weighted by molar-refractivity contribution is 7.92. The van der Waals surface area contributed by atoms with Crippen molar-refractivity contribution < 1.29 is 8.42 Å². The lowest BCUT2D eigenvalue weighted by Gasteiger charge is -2.10. The lowest BCUT2D eigenvalue weighted by atomic mass is 10.1. The summed E-state index contributed by atoms with van der Waals surface area (Å²) in [6, 6.07) is 17.4. The number of fused-ring (bicyclic) bond motifs is 2. The number of benzene rings is 2. The molecule has 4 aromatic rings. The van der Waals surface area contributed by atoms with Gasteiger partial charge in [0, 0.05) is 17.3 Å². The fraction of sp³-hybridized carbons (Fsp3) is 0.0588. The van der Waals surface area contributed by atoms with Crippen LogP contribution in [0.15, 0.2) is 58.9 Å². The summed E-state index contributed by atoms with van der Waals surface area (Å²) in [6.07, 6.45) is 1.16. The molecular formula is C17H13N3O2S2. The number of anilines is 2. The van der Waals surface area contributed by atoms with Gasteiger partial charge in [0.05, 0.1) is 11.2 Å². The van der Waals surface area contributed by atoms with Crippen LogP contribution >= 0.6 is 11.3 Å². The van der Waals surface area contributed by atoms with Gasteiger partial charge in [0.15, 0.2) is 0 Å². The number of para-hydroxylation sites is 2. The van der Waals surface area contributed by atoms with Gasteiger partial charge in [-0.15, -0.1) is 0 Å². The molecule has 2 aromatic heterocycles. The van der Waals surface area contributed by atoms with E-state index in [1.54, 1.807) is 0 Å². The maximum absolute atomic E-state index is 11.9. The molecule has 0 aliphatic rings. The Labute approximate surface area is 142 Å². The molecule has 0 aliphatic carbocycles. The third kappa shape index (κ3) is 2.61. The molecule has 0 spiro atoms. The molecule has 0 atom stereocenters. The first-order valence-corrected chi connectivity index (χ1v) is 9.94. The van der Waals surface area contributed by atoms with Gasteiger partial charge in [0.25, 0.3) is 0 Å². The number of nitrogens with one attached hydrogen (secondary N) is 1. The smallest absolute Gasteiger partial charge is 0.211 e. The van der Waals surface area contributed by atoms with Crippen LogP contribution in [0.2, 0.25) is 0 Å². The molecule has 0 fully saturated rings. The van der Waals surface area contributed by atoms with Gasteiger partial charge in [-0.1, -0.05) is 47.7 Å². The Kier molecular flexibility index (Phi) is 3.47. The molecule has 0 unspecified atom stereocenters. The van der Waals surface area contributed by atoms with E-state index in [0.717, 1.165) is 39.9 Å². The second-order valence-electron chi connectivity index (χ2n) is 5.40. The monoisotopic (exact) mass is 355 g/mol. The first-order chi connectivity index (χ1) is 11.5. The number of pyridine rings is 1. The SMILES string of the molecule is CS(=O)(=O)c1nc2c(Nc3ccccc3)c3ccccc3nc2s1. The van der Waals surface area contributed by atoms with Crippen LogP contribution in [-0.4, -0.2) is 24.6 Å². The molecule has 1 N–H and O–H groups in total. The van der Waals surface area contributed by atoms with Crippen LogP contribution in [-0.2, 0) is 9.84 Å². The van der Waals surface area contributed by atoms with Crippen LogP contribution in [0.5, 0.6) is 0 Å². The van der Waals surface area contributed by atoms with Crippen molar-refractivity contribution in [2.24, 2.45) is 0 Å². The van der Waals surface area contributed by atoms with Gasteiger partial charge in [-0.05, 0) is 18.2 Å². The van der Waals surface area contributed by atoms with Crippen molar-refractivity contribution in [2.75, 3.05) is 11.6 Å². The van der Waals surface area contributed by atoms with Gasteiger partial charge in [-0.3, -0.25) is 0 Å². The van der Waals surface area contributed by atoms with Crippen molar-refractivity contribution in [2.45, 2.75) is 4.34 Å². The van der Waals surface area contributed by atoms with Gasteiger partial charge in [0.2, 0.25) is 14.2 Å². The quantitative estimate of drug-likeness (QED) is 0.601. The summed E-state index contributed by atoms with van der Waals surface area (Å²) in [5.74, 6) is 0. The number of thiazole rings is 1. The number of aromatic nitrogens is 2. The van der Waals surface area contributed by atoms with Gasteiger partial charge in [-0.25, -0.2) is 18.4 Å². The maximum atomic E-state index is 11.9. The number of nitrogens with zero attached hydrogens (tertiary/aromatic N) is 2. The molecule has 5 nitrogen and oxygen atoms in total. The Morgan fingerprint density at radius 1 is 0.958 bits per heavy atom. The van der Waals surface area contributed by atoms with Crippen LogP contribution in [0, 0.1) is 0 Å². The van der Waals surface area contributed by atoms with Gasteiger partial charge < -0.3 is 5.32 Å². The predicted molar refractivity (Wildman–Crippen MR) is 97.8 cm³/mol. The van der Waals surface area contributed by atoms with E-state index in [1.165, 1.54) is 0 Å². The highest BCUT2D eigenvalue weighted by Gasteiger charge is 2.19. The topological polar surface area (TPSA) is 72.0 Å². The molecule has 2 aromatic carbocycles. The largest absolute Gasteiger partial charge is 0.353 e. The molecule has 0 aliphatic heterocycles. The number of sulfone groups is 1. The summed E-state index contributed by atoms with van der Waals surface area (Å²) in [6.45, 7) is 0. The van der Waals surface area contributed by atoms with Crippen molar-refractivity contribution in [1.82, 2.24) is 9.97 Å². The summed E-state index contributed by atoms with van der Waals surface area (Å²) in [5, 5.41) is 4.27. The molecule has 0 saturated heterocycles. The van der Waals surface area contributed by atoms with Gasteiger partial charge >= 0.3 is 0 Å². The maximum Gasteiger partial charge on any atom is 0.211 e. The molecular weight excluding hydrogens is 342 g/mol. The van der Waals surface area contributed by atoms with Crippen molar-refractivity contribution >= 4 is 53.8 Å². The summed E-state index contributed by atoms with van der Waals surface area (Å²) < 4.78 is 23.8.